The van der Waals surface area contributed by atoms with Gasteiger partial charge in [-0.15, -0.1) is 0 Å². The molecule has 17 heavy (non-hydrogen) atoms. The Labute approximate surface area is 103 Å². The van der Waals surface area contributed by atoms with Crippen molar-refractivity contribution < 1.29 is 9.84 Å². The van der Waals surface area contributed by atoms with Gasteiger partial charge in [-0.05, 0) is 38.9 Å². The van der Waals surface area contributed by atoms with Crippen LogP contribution in [0, 0.1) is 0 Å². The number of ether oxygens (including phenoxy) is 1. The number of rotatable bonds is 7. The van der Waals surface area contributed by atoms with Crippen LogP contribution in [0.4, 0.5) is 0 Å². The van der Waals surface area contributed by atoms with Crippen molar-refractivity contribution in [2.24, 2.45) is 0 Å². The molecule has 1 rings (SSSR count). The second-order valence-corrected chi connectivity index (χ2v) is 4.76. The highest BCUT2D eigenvalue weighted by atomic mass is 16.5. The summed E-state index contributed by atoms with van der Waals surface area (Å²) >= 11 is 0. The molecule has 0 unspecified atom stereocenters. The maximum atomic E-state index is 9.52. The fourth-order valence-corrected chi connectivity index (χ4v) is 1.25. The minimum absolute atomic E-state index is 0.266. The van der Waals surface area contributed by atoms with E-state index in [1.54, 1.807) is 20.0 Å². The minimum atomic E-state index is -0.818. The summed E-state index contributed by atoms with van der Waals surface area (Å²) in [4.78, 5) is 4.28. The van der Waals surface area contributed by atoms with E-state index in [9.17, 15) is 5.11 Å². The fraction of sp³-hybridized carbons (Fsp3) is 0.615. The Hall–Kier alpha value is -1.13. The van der Waals surface area contributed by atoms with Crippen LogP contribution in [0.2, 0.25) is 0 Å². The lowest BCUT2D eigenvalue weighted by molar-refractivity contribution is 0.0283. The van der Waals surface area contributed by atoms with Gasteiger partial charge < -0.3 is 15.2 Å². The van der Waals surface area contributed by atoms with Crippen LogP contribution in [-0.4, -0.2) is 28.8 Å². The summed E-state index contributed by atoms with van der Waals surface area (Å²) in [6, 6.07) is 3.81. The quantitative estimate of drug-likeness (QED) is 0.710. The summed E-state index contributed by atoms with van der Waals surface area (Å²) in [5, 5.41) is 12.8. The van der Waals surface area contributed by atoms with Gasteiger partial charge in [0.1, 0.15) is 12.4 Å². The first-order chi connectivity index (χ1) is 8.01. The lowest BCUT2D eigenvalue weighted by Crippen LogP contribution is -2.27. The lowest BCUT2D eigenvalue weighted by atomic mass is 10.2. The summed E-state index contributed by atoms with van der Waals surface area (Å²) < 4.78 is 5.42. The molecule has 0 aliphatic heterocycles. The fourth-order valence-electron chi connectivity index (χ4n) is 1.25. The predicted octanol–water partition coefficient (Wildman–Crippen LogP) is 1.73. The van der Waals surface area contributed by atoms with Crippen LogP contribution in [0.25, 0.3) is 0 Å². The zero-order valence-corrected chi connectivity index (χ0v) is 10.9. The molecule has 4 nitrogen and oxygen atoms in total. The van der Waals surface area contributed by atoms with E-state index < -0.39 is 5.60 Å². The van der Waals surface area contributed by atoms with Crippen LogP contribution < -0.4 is 10.1 Å². The highest BCUT2D eigenvalue weighted by Crippen LogP contribution is 2.11. The largest absolute Gasteiger partial charge is 0.489 e. The van der Waals surface area contributed by atoms with Crippen molar-refractivity contribution in [3.63, 3.8) is 0 Å². The monoisotopic (exact) mass is 238 g/mol. The third-order valence-corrected chi connectivity index (χ3v) is 2.12. The molecule has 0 saturated carbocycles. The molecule has 1 aromatic rings. The third kappa shape index (κ3) is 6.24. The molecule has 0 aliphatic carbocycles. The first-order valence-electron chi connectivity index (χ1n) is 6.02. The zero-order valence-electron chi connectivity index (χ0n) is 10.9. The molecule has 0 fully saturated rings. The van der Waals surface area contributed by atoms with Gasteiger partial charge in [-0.2, -0.15) is 0 Å². The molecule has 0 bridgehead atoms. The van der Waals surface area contributed by atoms with Crippen molar-refractivity contribution in [1.29, 1.82) is 0 Å². The molecule has 0 spiro atoms. The van der Waals surface area contributed by atoms with Gasteiger partial charge in [-0.3, -0.25) is 4.98 Å². The van der Waals surface area contributed by atoms with Crippen molar-refractivity contribution >= 4 is 0 Å². The van der Waals surface area contributed by atoms with Gasteiger partial charge in [0.05, 0.1) is 17.5 Å². The van der Waals surface area contributed by atoms with E-state index in [-0.39, 0.29) is 6.61 Å². The normalized spacial score (nSPS) is 11.5. The van der Waals surface area contributed by atoms with E-state index in [2.05, 4.69) is 17.2 Å². The smallest absolute Gasteiger partial charge is 0.137 e. The van der Waals surface area contributed by atoms with Crippen molar-refractivity contribution in [2.75, 3.05) is 13.2 Å². The van der Waals surface area contributed by atoms with E-state index in [1.807, 2.05) is 12.1 Å². The molecule has 96 valence electrons. The van der Waals surface area contributed by atoms with Gasteiger partial charge in [0.15, 0.2) is 0 Å². The van der Waals surface area contributed by atoms with Crippen LogP contribution >= 0.6 is 0 Å². The van der Waals surface area contributed by atoms with Crippen LogP contribution in [0.3, 0.4) is 0 Å². The average Bonchev–Trinajstić information content (AvgIpc) is 2.27. The van der Waals surface area contributed by atoms with Gasteiger partial charge in [0.25, 0.3) is 0 Å². The topological polar surface area (TPSA) is 54.4 Å². The molecule has 0 radical (unpaired) electrons. The number of aromatic nitrogens is 1. The van der Waals surface area contributed by atoms with Crippen LogP contribution in [0.1, 0.15) is 32.9 Å². The molecular formula is C13H22N2O2. The van der Waals surface area contributed by atoms with Crippen molar-refractivity contribution in [1.82, 2.24) is 10.3 Å². The van der Waals surface area contributed by atoms with Crippen LogP contribution in [0.15, 0.2) is 18.3 Å². The van der Waals surface area contributed by atoms with Crippen molar-refractivity contribution in [2.45, 2.75) is 39.3 Å². The van der Waals surface area contributed by atoms with Crippen LogP contribution in [0.5, 0.6) is 5.75 Å². The summed E-state index contributed by atoms with van der Waals surface area (Å²) in [5.41, 5.74) is 0.176. The first-order valence-corrected chi connectivity index (χ1v) is 6.02. The Morgan fingerprint density at radius 1 is 1.41 bits per heavy atom. The van der Waals surface area contributed by atoms with E-state index in [0.717, 1.165) is 25.2 Å². The molecule has 0 saturated heterocycles. The summed E-state index contributed by atoms with van der Waals surface area (Å²) in [7, 11) is 0. The second-order valence-electron chi connectivity index (χ2n) is 4.76. The van der Waals surface area contributed by atoms with E-state index in [1.165, 1.54) is 0 Å². The standard InChI is InChI=1S/C13H22N2O2/c1-4-7-14-8-11-5-6-12(9-15-11)17-10-13(2,3)16/h5-6,9,14,16H,4,7-8,10H2,1-3H3. The Balaban J connectivity index is 2.39. The van der Waals surface area contributed by atoms with Gasteiger partial charge in [0.2, 0.25) is 0 Å². The molecule has 2 N–H and O–H groups in total. The Morgan fingerprint density at radius 3 is 2.71 bits per heavy atom. The second kappa shape index (κ2) is 6.57. The molecule has 1 aromatic heterocycles. The number of nitrogens with one attached hydrogen (secondary N) is 1. The zero-order chi connectivity index (χ0) is 12.7. The maximum Gasteiger partial charge on any atom is 0.137 e. The molecular weight excluding hydrogens is 216 g/mol. The van der Waals surface area contributed by atoms with Crippen LogP contribution in [-0.2, 0) is 6.54 Å². The average molecular weight is 238 g/mol. The molecule has 1 heterocycles. The lowest BCUT2D eigenvalue weighted by Gasteiger charge is -2.17. The van der Waals surface area contributed by atoms with Crippen molar-refractivity contribution in [3.8, 4) is 5.75 Å². The van der Waals surface area contributed by atoms with Crippen molar-refractivity contribution in [3.05, 3.63) is 24.0 Å². The highest BCUT2D eigenvalue weighted by Gasteiger charge is 2.13. The van der Waals surface area contributed by atoms with Gasteiger partial charge in [-0.1, -0.05) is 6.92 Å². The Bertz CT molecular complexity index is 317. The molecule has 0 aliphatic rings. The molecule has 0 aromatic carbocycles. The number of hydrogen-bond acceptors (Lipinski definition) is 4. The number of pyridine rings is 1. The van der Waals surface area contributed by atoms with Gasteiger partial charge in [-0.25, -0.2) is 0 Å². The third-order valence-electron chi connectivity index (χ3n) is 2.12. The van der Waals surface area contributed by atoms with E-state index in [4.69, 9.17) is 4.74 Å². The summed E-state index contributed by atoms with van der Waals surface area (Å²) in [5.74, 6) is 0.686. The summed E-state index contributed by atoms with van der Waals surface area (Å²) in [6.45, 7) is 7.60. The summed E-state index contributed by atoms with van der Waals surface area (Å²) in [6.07, 6.45) is 2.81. The molecule has 0 amide bonds. The number of aliphatic hydroxyl groups is 1. The number of hydrogen-bond donors (Lipinski definition) is 2. The highest BCUT2D eigenvalue weighted by molar-refractivity contribution is 5.19. The Morgan fingerprint density at radius 2 is 2.18 bits per heavy atom. The molecule has 4 heteroatoms. The Kier molecular flexibility index (Phi) is 5.38. The van der Waals surface area contributed by atoms with Gasteiger partial charge in [0, 0.05) is 6.54 Å². The minimum Gasteiger partial charge on any atom is -0.489 e. The van der Waals surface area contributed by atoms with E-state index in [0.29, 0.717) is 5.75 Å². The maximum absolute atomic E-state index is 9.52. The van der Waals surface area contributed by atoms with E-state index >= 15 is 0 Å². The SMILES string of the molecule is CCCNCc1ccc(OCC(C)(C)O)cn1. The first kappa shape index (κ1) is 13.9. The van der Waals surface area contributed by atoms with Gasteiger partial charge >= 0.3 is 0 Å². The predicted molar refractivity (Wildman–Crippen MR) is 68.0 cm³/mol. The molecule has 0 atom stereocenters. The number of nitrogens with zero attached hydrogens (tertiary/aromatic N) is 1.